The van der Waals surface area contributed by atoms with Crippen LogP contribution in [0.15, 0.2) is 48.5 Å². The highest BCUT2D eigenvalue weighted by Gasteiger charge is 2.08. The van der Waals surface area contributed by atoms with Crippen LogP contribution in [0.25, 0.3) is 0 Å². The maximum atomic E-state index is 12.8. The quantitative estimate of drug-likeness (QED) is 0.422. The van der Waals surface area contributed by atoms with Crippen LogP contribution >= 0.6 is 0 Å². The van der Waals surface area contributed by atoms with E-state index in [-0.39, 0.29) is 37.0 Å². The smallest absolute Gasteiger partial charge is 0.310 e. The van der Waals surface area contributed by atoms with Crippen LogP contribution in [-0.2, 0) is 16.0 Å². The number of carbonyl (C=O) groups is 2. The van der Waals surface area contributed by atoms with E-state index < -0.39 is 0 Å². The highest BCUT2D eigenvalue weighted by Crippen LogP contribution is 2.12. The van der Waals surface area contributed by atoms with E-state index in [1.54, 1.807) is 31.4 Å². The van der Waals surface area contributed by atoms with Gasteiger partial charge in [-0.05, 0) is 48.4 Å². The molecule has 0 aliphatic rings. The third-order valence-corrected chi connectivity index (χ3v) is 3.48. The van der Waals surface area contributed by atoms with Gasteiger partial charge in [0.2, 0.25) is 0 Å². The van der Waals surface area contributed by atoms with Gasteiger partial charge in [0, 0.05) is 12.0 Å². The van der Waals surface area contributed by atoms with Crippen LogP contribution in [0.5, 0.6) is 5.75 Å². The summed E-state index contributed by atoms with van der Waals surface area (Å²) in [7, 11) is 1.58. The molecule has 5 heteroatoms. The number of rotatable bonds is 8. The second-order valence-corrected chi connectivity index (χ2v) is 5.28. The van der Waals surface area contributed by atoms with Gasteiger partial charge in [-0.2, -0.15) is 0 Å². The molecule has 24 heavy (non-hydrogen) atoms. The van der Waals surface area contributed by atoms with Crippen molar-refractivity contribution >= 4 is 11.8 Å². The van der Waals surface area contributed by atoms with Gasteiger partial charge in [-0.1, -0.05) is 12.1 Å². The highest BCUT2D eigenvalue weighted by atomic mass is 19.1. The number of hydrogen-bond donors (Lipinski definition) is 0. The Morgan fingerprint density at radius 2 is 1.67 bits per heavy atom. The van der Waals surface area contributed by atoms with Crippen LogP contribution in [0.3, 0.4) is 0 Å². The summed E-state index contributed by atoms with van der Waals surface area (Å²) in [6, 6.07) is 12.6. The maximum Gasteiger partial charge on any atom is 0.310 e. The number of esters is 1. The Labute approximate surface area is 140 Å². The molecule has 126 valence electrons. The molecule has 0 aromatic heterocycles. The number of carbonyl (C=O) groups excluding carboxylic acids is 2. The van der Waals surface area contributed by atoms with Crippen LogP contribution < -0.4 is 4.74 Å². The Bertz CT molecular complexity index is 678. The molecule has 2 rings (SSSR count). The third-order valence-electron chi connectivity index (χ3n) is 3.48. The van der Waals surface area contributed by atoms with Crippen molar-refractivity contribution in [2.24, 2.45) is 0 Å². The van der Waals surface area contributed by atoms with Crippen molar-refractivity contribution in [2.45, 2.75) is 19.3 Å². The summed E-state index contributed by atoms with van der Waals surface area (Å²) in [5.74, 6) is -0.0824. The molecule has 0 bridgehead atoms. The van der Waals surface area contributed by atoms with Gasteiger partial charge in [0.1, 0.15) is 11.6 Å². The molecule has 2 aromatic carbocycles. The molecule has 4 nitrogen and oxygen atoms in total. The summed E-state index contributed by atoms with van der Waals surface area (Å²) in [6.07, 6.45) is 0.863. The summed E-state index contributed by atoms with van der Waals surface area (Å²) < 4.78 is 23.0. The molecular weight excluding hydrogens is 311 g/mol. The van der Waals surface area contributed by atoms with Gasteiger partial charge in [0.05, 0.1) is 20.1 Å². The Morgan fingerprint density at radius 1 is 1.00 bits per heavy atom. The summed E-state index contributed by atoms with van der Waals surface area (Å²) in [4.78, 5) is 23.6. The fourth-order valence-electron chi connectivity index (χ4n) is 2.16. The van der Waals surface area contributed by atoms with Crippen molar-refractivity contribution < 1.29 is 23.5 Å². The fourth-order valence-corrected chi connectivity index (χ4v) is 2.16. The maximum absolute atomic E-state index is 12.8. The second kappa shape index (κ2) is 8.82. The van der Waals surface area contributed by atoms with Gasteiger partial charge < -0.3 is 9.47 Å². The van der Waals surface area contributed by atoms with E-state index in [4.69, 9.17) is 9.47 Å². The van der Waals surface area contributed by atoms with Crippen LogP contribution in [0.2, 0.25) is 0 Å². The molecule has 0 aliphatic carbocycles. The first-order valence-corrected chi connectivity index (χ1v) is 7.66. The zero-order valence-corrected chi connectivity index (χ0v) is 13.5. The second-order valence-electron chi connectivity index (χ2n) is 5.28. The van der Waals surface area contributed by atoms with E-state index in [9.17, 15) is 14.0 Å². The molecule has 2 aromatic rings. The minimum absolute atomic E-state index is 0.0961. The van der Waals surface area contributed by atoms with Crippen LogP contribution in [0, 0.1) is 5.82 Å². The van der Waals surface area contributed by atoms with Gasteiger partial charge in [-0.15, -0.1) is 0 Å². The Morgan fingerprint density at radius 3 is 2.29 bits per heavy atom. The zero-order chi connectivity index (χ0) is 17.4. The topological polar surface area (TPSA) is 52.6 Å². The number of ether oxygens (including phenoxy) is 2. The average molecular weight is 330 g/mol. The molecular formula is C19H19FO4. The lowest BCUT2D eigenvalue weighted by Crippen LogP contribution is -2.10. The third kappa shape index (κ3) is 5.50. The minimum atomic E-state index is -0.376. The summed E-state index contributed by atoms with van der Waals surface area (Å²) in [5, 5.41) is 0. The largest absolute Gasteiger partial charge is 0.497 e. The monoisotopic (exact) mass is 330 g/mol. The average Bonchev–Trinajstić information content (AvgIpc) is 2.60. The van der Waals surface area contributed by atoms with E-state index in [1.807, 2.05) is 0 Å². The van der Waals surface area contributed by atoms with E-state index in [1.165, 1.54) is 24.3 Å². The lowest BCUT2D eigenvalue weighted by Gasteiger charge is -2.06. The van der Waals surface area contributed by atoms with Gasteiger partial charge in [0.25, 0.3) is 0 Å². The normalized spacial score (nSPS) is 10.2. The zero-order valence-electron chi connectivity index (χ0n) is 13.5. The first-order valence-electron chi connectivity index (χ1n) is 7.66. The molecule has 0 saturated heterocycles. The predicted molar refractivity (Wildman–Crippen MR) is 87.6 cm³/mol. The van der Waals surface area contributed by atoms with E-state index in [2.05, 4.69) is 0 Å². The number of benzene rings is 2. The van der Waals surface area contributed by atoms with Crippen LogP contribution in [0.4, 0.5) is 4.39 Å². The molecule has 0 radical (unpaired) electrons. The molecule has 0 saturated carbocycles. The lowest BCUT2D eigenvalue weighted by atomic mass is 10.1. The first-order chi connectivity index (χ1) is 11.6. The van der Waals surface area contributed by atoms with Crippen molar-refractivity contribution in [3.8, 4) is 5.75 Å². The van der Waals surface area contributed by atoms with Gasteiger partial charge >= 0.3 is 5.97 Å². The van der Waals surface area contributed by atoms with Crippen LogP contribution in [0.1, 0.15) is 28.8 Å². The first kappa shape index (κ1) is 17.7. The number of methoxy groups -OCH3 is 1. The number of Topliss-reactive ketones (excluding diaryl/α,β-unsaturated/α-hetero) is 1. The number of hydrogen-bond acceptors (Lipinski definition) is 4. The van der Waals surface area contributed by atoms with Gasteiger partial charge in [-0.3, -0.25) is 9.59 Å². The van der Waals surface area contributed by atoms with Gasteiger partial charge in [-0.25, -0.2) is 4.39 Å². The fraction of sp³-hybridized carbons (Fsp3) is 0.263. The Hall–Kier alpha value is -2.69. The molecule has 0 aliphatic heterocycles. The lowest BCUT2D eigenvalue weighted by molar-refractivity contribution is -0.142. The van der Waals surface area contributed by atoms with Crippen molar-refractivity contribution in [3.63, 3.8) is 0 Å². The molecule has 0 atom stereocenters. The molecule has 0 N–H and O–H groups in total. The predicted octanol–water partition coefficient (Wildman–Crippen LogP) is 3.58. The highest BCUT2D eigenvalue weighted by molar-refractivity contribution is 5.95. The van der Waals surface area contributed by atoms with Crippen LogP contribution in [-0.4, -0.2) is 25.5 Å². The molecule has 0 heterocycles. The van der Waals surface area contributed by atoms with Crippen molar-refractivity contribution in [2.75, 3.05) is 13.7 Å². The van der Waals surface area contributed by atoms with E-state index in [0.717, 1.165) is 11.3 Å². The Kier molecular flexibility index (Phi) is 6.49. The SMILES string of the molecule is COc1ccc(CC(=O)OCCCC(=O)c2ccc(F)cc2)cc1. The Balaban J connectivity index is 1.68. The molecule has 0 fully saturated rings. The minimum Gasteiger partial charge on any atom is -0.497 e. The van der Waals surface area contributed by atoms with Gasteiger partial charge in [0.15, 0.2) is 5.78 Å². The van der Waals surface area contributed by atoms with Crippen molar-refractivity contribution in [3.05, 3.63) is 65.5 Å². The standard InChI is InChI=1S/C19H19FO4/c1-23-17-10-4-14(5-11-17)13-19(22)24-12-2-3-18(21)15-6-8-16(20)9-7-15/h4-11H,2-3,12-13H2,1H3. The van der Waals surface area contributed by atoms with E-state index in [0.29, 0.717) is 12.0 Å². The summed E-state index contributed by atoms with van der Waals surface area (Å²) in [6.45, 7) is 0.182. The summed E-state index contributed by atoms with van der Waals surface area (Å²) >= 11 is 0. The van der Waals surface area contributed by atoms with E-state index >= 15 is 0 Å². The molecule has 0 amide bonds. The molecule has 0 unspecified atom stereocenters. The number of ketones is 1. The van der Waals surface area contributed by atoms with Crippen molar-refractivity contribution in [1.29, 1.82) is 0 Å². The van der Waals surface area contributed by atoms with Crippen molar-refractivity contribution in [1.82, 2.24) is 0 Å². The molecule has 0 spiro atoms. The summed E-state index contributed by atoms with van der Waals surface area (Å²) in [5.41, 5.74) is 1.30. The number of halogens is 1.